The van der Waals surface area contributed by atoms with E-state index in [9.17, 15) is 9.59 Å². The van der Waals surface area contributed by atoms with E-state index in [0.29, 0.717) is 37.7 Å². The van der Waals surface area contributed by atoms with Gasteiger partial charge in [0.15, 0.2) is 11.6 Å². The molecule has 0 aliphatic carbocycles. The van der Waals surface area contributed by atoms with Gasteiger partial charge >= 0.3 is 0 Å². The van der Waals surface area contributed by atoms with Gasteiger partial charge in [-0.3, -0.25) is 9.59 Å². The monoisotopic (exact) mass is 1170 g/mol. The van der Waals surface area contributed by atoms with Gasteiger partial charge in [-0.1, -0.05) is 157 Å². The second-order valence-corrected chi connectivity index (χ2v) is 25.3. The molecule has 0 aliphatic rings. The zero-order chi connectivity index (χ0) is 57.4. The Balaban J connectivity index is 0.654. The molecular weight excluding hydrogens is 1110 g/mol. The van der Waals surface area contributed by atoms with E-state index in [-0.39, 0.29) is 23.8 Å². The van der Waals surface area contributed by atoms with Crippen LogP contribution >= 0.6 is 35.3 Å². The lowest BCUT2D eigenvalue weighted by molar-refractivity contribution is -0.131. The summed E-state index contributed by atoms with van der Waals surface area (Å²) in [7, 11) is 0. The molecule has 10 aromatic carbocycles. The first-order valence-electron chi connectivity index (χ1n) is 29.1. The van der Waals surface area contributed by atoms with Crippen molar-refractivity contribution in [2.75, 3.05) is 11.5 Å². The summed E-state index contributed by atoms with van der Waals surface area (Å²) in [5.74, 6) is 0.985. The molecule has 420 valence electrons. The minimum Gasteiger partial charge on any atom is -0.363 e. The summed E-state index contributed by atoms with van der Waals surface area (Å²) < 4.78 is 23.7. The third kappa shape index (κ3) is 11.0. The highest BCUT2D eigenvalue weighted by atomic mass is 32.2. The van der Waals surface area contributed by atoms with Crippen molar-refractivity contribution in [3.63, 3.8) is 0 Å². The molecule has 8 nitrogen and oxygen atoms in total. The number of benzene rings is 10. The largest absolute Gasteiger partial charge is 0.363 e. The molecule has 0 fully saturated rings. The lowest BCUT2D eigenvalue weighted by atomic mass is 10.2. The quantitative estimate of drug-likeness (QED) is 0.0626. The predicted molar refractivity (Wildman–Crippen MR) is 355 cm³/mol. The first-order chi connectivity index (χ1) is 41.8. The Labute approximate surface area is 506 Å². The molecule has 4 aromatic heterocycles. The maximum atomic E-state index is 13.7. The SMILES string of the molecule is CC(=O)C(CSc1ccc(Sc2ccc(SCC(OC(Cn3c4ccccc4c4ccccc43)Cn3c4ccccc4c4ccccc43)C(C)=O)cc2)cc1)OC(Cn1c2ccccc2c2ccccc21)Cn1c2ccccc2c2ccccc21. The molecule has 4 heterocycles. The molecule has 0 N–H and O–H groups in total. The molecule has 0 saturated carbocycles. The number of thioether (sulfide) groups is 2. The Hall–Kier alpha value is -8.29. The Kier molecular flexibility index (Phi) is 15.4. The number of fused-ring (bicyclic) bond motifs is 12. The minimum atomic E-state index is -0.627. The molecule has 0 spiro atoms. The Morgan fingerprint density at radius 2 is 0.506 bits per heavy atom. The van der Waals surface area contributed by atoms with Crippen molar-refractivity contribution in [1.82, 2.24) is 18.3 Å². The Bertz CT molecular complexity index is 4020. The van der Waals surface area contributed by atoms with Crippen molar-refractivity contribution in [1.29, 1.82) is 0 Å². The average Bonchev–Trinajstić information content (AvgIpc) is 3.19. The summed E-state index contributed by atoms with van der Waals surface area (Å²) in [6.45, 7) is 5.58. The van der Waals surface area contributed by atoms with Gasteiger partial charge in [-0.25, -0.2) is 0 Å². The van der Waals surface area contributed by atoms with Crippen LogP contribution < -0.4 is 0 Å². The van der Waals surface area contributed by atoms with Crippen molar-refractivity contribution in [2.24, 2.45) is 0 Å². The normalized spacial score (nSPS) is 12.8. The number of carbonyl (C=O) groups excluding carboxylic acids is 2. The topological polar surface area (TPSA) is 72.3 Å². The fourth-order valence-electron chi connectivity index (χ4n) is 12.6. The van der Waals surface area contributed by atoms with E-state index in [1.165, 1.54) is 43.1 Å². The van der Waals surface area contributed by atoms with Gasteiger partial charge in [0.1, 0.15) is 12.2 Å². The first-order valence-corrected chi connectivity index (χ1v) is 31.9. The predicted octanol–water partition coefficient (Wildman–Crippen LogP) is 17.9. The van der Waals surface area contributed by atoms with Gasteiger partial charge in [0, 0.05) is 118 Å². The zero-order valence-electron chi connectivity index (χ0n) is 47.3. The molecule has 0 aliphatic heterocycles. The van der Waals surface area contributed by atoms with E-state index >= 15 is 0 Å². The summed E-state index contributed by atoms with van der Waals surface area (Å²) in [4.78, 5) is 31.7. The van der Waals surface area contributed by atoms with Gasteiger partial charge in [-0.15, -0.1) is 23.5 Å². The van der Waals surface area contributed by atoms with Gasteiger partial charge in [-0.2, -0.15) is 0 Å². The molecule has 85 heavy (non-hydrogen) atoms. The first kappa shape index (κ1) is 54.6. The average molecular weight is 1170 g/mol. The van der Waals surface area contributed by atoms with Crippen molar-refractivity contribution in [3.05, 3.63) is 243 Å². The van der Waals surface area contributed by atoms with E-state index in [4.69, 9.17) is 9.47 Å². The maximum absolute atomic E-state index is 13.7. The third-order valence-corrected chi connectivity index (χ3v) is 19.7. The lowest BCUT2D eigenvalue weighted by Crippen LogP contribution is -2.35. The van der Waals surface area contributed by atoms with Gasteiger partial charge in [0.25, 0.3) is 0 Å². The number of aromatic nitrogens is 4. The van der Waals surface area contributed by atoms with Gasteiger partial charge in [-0.05, 0) is 111 Å². The van der Waals surface area contributed by atoms with Gasteiger partial charge < -0.3 is 27.7 Å². The Morgan fingerprint density at radius 1 is 0.306 bits per heavy atom. The number of ether oxygens (including phenoxy) is 2. The molecule has 2 atom stereocenters. The smallest absolute Gasteiger partial charge is 0.159 e. The molecule has 0 radical (unpaired) electrons. The van der Waals surface area contributed by atoms with Crippen molar-refractivity contribution in [3.8, 4) is 0 Å². The second kappa shape index (κ2) is 24.0. The highest BCUT2D eigenvalue weighted by Crippen LogP contribution is 2.37. The summed E-state index contributed by atoms with van der Waals surface area (Å²) >= 11 is 5.01. The van der Waals surface area contributed by atoms with E-state index in [1.54, 1.807) is 49.1 Å². The number of Topliss-reactive ketones (excluding diaryl/α,β-unsaturated/α-hetero) is 2. The zero-order valence-corrected chi connectivity index (χ0v) is 49.7. The fourth-order valence-corrected chi connectivity index (χ4v) is 15.3. The number of carbonyl (C=O) groups is 2. The van der Waals surface area contributed by atoms with Crippen molar-refractivity contribution < 1.29 is 19.1 Å². The van der Waals surface area contributed by atoms with Crippen LogP contribution in [0.5, 0.6) is 0 Å². The second-order valence-electron chi connectivity index (χ2n) is 22.0. The van der Waals surface area contributed by atoms with Crippen LogP contribution in [0.25, 0.3) is 87.2 Å². The highest BCUT2D eigenvalue weighted by Gasteiger charge is 2.28. The number of hydrogen-bond donors (Lipinski definition) is 0. The van der Waals surface area contributed by atoms with Crippen LogP contribution in [0.1, 0.15) is 13.8 Å². The maximum Gasteiger partial charge on any atom is 0.159 e. The molecule has 0 bridgehead atoms. The molecule has 0 amide bonds. The van der Waals surface area contributed by atoms with Crippen LogP contribution in [0.15, 0.2) is 262 Å². The highest BCUT2D eigenvalue weighted by molar-refractivity contribution is 8.00. The molecule has 2 unspecified atom stereocenters. The van der Waals surface area contributed by atoms with Gasteiger partial charge in [0.05, 0.1) is 38.4 Å². The molecule has 0 saturated heterocycles. The molecule has 14 rings (SSSR count). The van der Waals surface area contributed by atoms with Crippen LogP contribution in [0.2, 0.25) is 0 Å². The van der Waals surface area contributed by atoms with Gasteiger partial charge in [0.2, 0.25) is 0 Å². The summed E-state index contributed by atoms with van der Waals surface area (Å²) in [5.41, 5.74) is 9.18. The van der Waals surface area contributed by atoms with E-state index in [1.807, 2.05) is 0 Å². The van der Waals surface area contributed by atoms with Crippen LogP contribution in [0, 0.1) is 0 Å². The molecular formula is C74H62N4O4S3. The van der Waals surface area contributed by atoms with Crippen molar-refractivity contribution in [2.45, 2.75) is 84.0 Å². The number of nitrogens with zero attached hydrogens (tertiary/aromatic N) is 4. The number of ketones is 2. The third-order valence-electron chi connectivity index (χ3n) is 16.6. The standard InChI is InChI=1S/C74H62N4O4S3/c1-49(79)73(81-51(43-75-65-27-11-3-19-57(65)58-20-4-12-28-66(58)75)44-76-67-29-13-5-21-59(67)60-22-6-14-30-68(60)76)47-83-53-35-39-55(40-36-53)85-56-41-37-54(38-42-56)84-48-74(50(2)80)82-52(45-77-69-31-15-7-23-61(69)62-24-8-16-32-70(62)77)46-78-71-33-17-9-25-63(71)64-26-10-18-34-72(64)78/h3-42,51-52,73-74H,43-48H2,1-2H3. The van der Waals surface area contributed by atoms with Crippen LogP contribution in [0.4, 0.5) is 0 Å². The fraction of sp³-hybridized carbons (Fsp3) is 0.162. The van der Waals surface area contributed by atoms with E-state index < -0.39 is 12.2 Å². The van der Waals surface area contributed by atoms with E-state index in [2.05, 4.69) is 261 Å². The molecule has 11 heteroatoms. The summed E-state index contributed by atoms with van der Waals surface area (Å²) in [6.07, 6.45) is -1.92. The van der Waals surface area contributed by atoms with E-state index in [0.717, 1.165) is 63.7 Å². The van der Waals surface area contributed by atoms with Crippen molar-refractivity contribution >= 4 is 134 Å². The van der Waals surface area contributed by atoms with Crippen LogP contribution in [-0.4, -0.2) is 65.8 Å². The van der Waals surface area contributed by atoms with Crippen LogP contribution in [0.3, 0.4) is 0 Å². The van der Waals surface area contributed by atoms with Crippen LogP contribution in [-0.2, 0) is 45.2 Å². The number of rotatable bonds is 22. The summed E-state index contributed by atoms with van der Waals surface area (Å²) in [5, 5.41) is 9.63. The Morgan fingerprint density at radius 3 is 0.718 bits per heavy atom. The number of hydrogen-bond acceptors (Lipinski definition) is 7. The summed E-state index contributed by atoms with van der Waals surface area (Å²) in [6, 6.07) is 85.7. The lowest BCUT2D eigenvalue weighted by Gasteiger charge is -2.26. The number of para-hydroxylation sites is 8. The minimum absolute atomic E-state index is 0.00950. The molecule has 14 aromatic rings.